The molecule has 2 rings (SSSR count). The van der Waals surface area contributed by atoms with Crippen molar-refractivity contribution in [2.24, 2.45) is 5.41 Å². The van der Waals surface area contributed by atoms with Crippen LogP contribution in [0.1, 0.15) is 26.2 Å². The number of hydrogen-bond donors (Lipinski definition) is 2. The van der Waals surface area contributed by atoms with Gasteiger partial charge in [-0.3, -0.25) is 4.79 Å². The first-order valence-electron chi connectivity index (χ1n) is 6.85. The largest absolute Gasteiger partial charge is 0.481 e. The third kappa shape index (κ3) is 4.12. The summed E-state index contributed by atoms with van der Waals surface area (Å²) in [7, 11) is 0. The lowest BCUT2D eigenvalue weighted by Gasteiger charge is -2.18. The number of benzene rings is 1. The van der Waals surface area contributed by atoms with E-state index in [1.54, 1.807) is 31.2 Å². The lowest BCUT2D eigenvalue weighted by molar-refractivity contribution is -0.127. The van der Waals surface area contributed by atoms with Gasteiger partial charge in [-0.25, -0.2) is 0 Å². The van der Waals surface area contributed by atoms with Gasteiger partial charge in [-0.1, -0.05) is 11.6 Å². The molecule has 1 aliphatic carbocycles. The molecule has 0 saturated heterocycles. The van der Waals surface area contributed by atoms with Crippen LogP contribution in [0, 0.1) is 5.41 Å². The fraction of sp³-hybridized carbons (Fsp3) is 0.533. The van der Waals surface area contributed by atoms with Gasteiger partial charge in [0.2, 0.25) is 0 Å². The first kappa shape index (κ1) is 15.1. The fourth-order valence-electron chi connectivity index (χ4n) is 2.12. The van der Waals surface area contributed by atoms with Crippen molar-refractivity contribution in [2.75, 3.05) is 13.2 Å². The van der Waals surface area contributed by atoms with Gasteiger partial charge in [0.15, 0.2) is 6.10 Å². The molecule has 4 nitrogen and oxygen atoms in total. The Bertz CT molecular complexity index is 457. The molecule has 1 atom stereocenters. The average molecular weight is 298 g/mol. The summed E-state index contributed by atoms with van der Waals surface area (Å²) in [5.41, 5.74) is 0.115. The van der Waals surface area contributed by atoms with Crippen LogP contribution in [-0.2, 0) is 4.79 Å². The number of aliphatic hydroxyl groups excluding tert-OH is 1. The van der Waals surface area contributed by atoms with Gasteiger partial charge in [0, 0.05) is 18.2 Å². The minimum Gasteiger partial charge on any atom is -0.481 e. The van der Waals surface area contributed by atoms with E-state index in [4.69, 9.17) is 21.4 Å². The molecule has 1 aliphatic rings. The molecule has 1 saturated carbocycles. The molecular weight excluding hydrogens is 278 g/mol. The first-order valence-corrected chi connectivity index (χ1v) is 7.23. The van der Waals surface area contributed by atoms with Crippen LogP contribution < -0.4 is 10.1 Å². The summed E-state index contributed by atoms with van der Waals surface area (Å²) in [6.07, 6.45) is 2.33. The normalized spacial score (nSPS) is 17.4. The van der Waals surface area contributed by atoms with Crippen molar-refractivity contribution in [2.45, 2.75) is 32.3 Å². The van der Waals surface area contributed by atoms with Gasteiger partial charge in [0.1, 0.15) is 5.75 Å². The predicted octanol–water partition coefficient (Wildman–Crippen LogP) is 2.39. The molecule has 5 heteroatoms. The Labute approximate surface area is 124 Å². The third-order valence-electron chi connectivity index (χ3n) is 3.73. The Morgan fingerprint density at radius 3 is 2.65 bits per heavy atom. The molecule has 1 aromatic carbocycles. The third-order valence-corrected chi connectivity index (χ3v) is 3.98. The summed E-state index contributed by atoms with van der Waals surface area (Å²) in [6.45, 7) is 2.50. The van der Waals surface area contributed by atoms with Gasteiger partial charge in [-0.05, 0) is 55.9 Å². The van der Waals surface area contributed by atoms with E-state index in [-0.39, 0.29) is 17.9 Å². The van der Waals surface area contributed by atoms with Crippen LogP contribution in [0.5, 0.6) is 5.75 Å². The van der Waals surface area contributed by atoms with E-state index in [0.29, 0.717) is 17.3 Å². The van der Waals surface area contributed by atoms with Crippen molar-refractivity contribution >= 4 is 17.5 Å². The molecule has 0 radical (unpaired) electrons. The number of amides is 1. The van der Waals surface area contributed by atoms with Gasteiger partial charge >= 0.3 is 0 Å². The molecule has 20 heavy (non-hydrogen) atoms. The predicted molar refractivity (Wildman–Crippen MR) is 77.9 cm³/mol. The van der Waals surface area contributed by atoms with Crippen LogP contribution in [-0.4, -0.2) is 30.3 Å². The van der Waals surface area contributed by atoms with Gasteiger partial charge in [-0.2, -0.15) is 0 Å². The van der Waals surface area contributed by atoms with E-state index in [0.717, 1.165) is 19.3 Å². The molecule has 0 aromatic heterocycles. The van der Waals surface area contributed by atoms with Gasteiger partial charge in [-0.15, -0.1) is 0 Å². The summed E-state index contributed by atoms with van der Waals surface area (Å²) in [5.74, 6) is 0.484. The van der Waals surface area contributed by atoms with Crippen LogP contribution in [0.25, 0.3) is 0 Å². The molecule has 1 aromatic rings. The van der Waals surface area contributed by atoms with E-state index >= 15 is 0 Å². The Balaban J connectivity index is 1.78. The average Bonchev–Trinajstić information content (AvgIpc) is 3.19. The molecule has 1 fully saturated rings. The molecule has 110 valence electrons. The Kier molecular flexibility index (Phi) is 4.89. The number of nitrogens with one attached hydrogen (secondary N) is 1. The zero-order valence-electron chi connectivity index (χ0n) is 11.6. The molecule has 0 spiro atoms. The van der Waals surface area contributed by atoms with Crippen LogP contribution in [0.4, 0.5) is 0 Å². The SMILES string of the molecule is CC(Oc1ccc(Cl)cc1)C(=O)NCC1(CCO)CC1. The van der Waals surface area contributed by atoms with Gasteiger partial charge in [0.25, 0.3) is 5.91 Å². The maximum atomic E-state index is 12.0. The van der Waals surface area contributed by atoms with E-state index in [1.807, 2.05) is 0 Å². The monoisotopic (exact) mass is 297 g/mol. The molecule has 0 aliphatic heterocycles. The lowest BCUT2D eigenvalue weighted by atomic mass is 10.0. The number of carbonyl (C=O) groups excluding carboxylic acids is 1. The molecule has 1 unspecified atom stereocenters. The fourth-order valence-corrected chi connectivity index (χ4v) is 2.24. The Morgan fingerprint density at radius 1 is 1.45 bits per heavy atom. The van der Waals surface area contributed by atoms with Crippen molar-refractivity contribution in [3.63, 3.8) is 0 Å². The van der Waals surface area contributed by atoms with E-state index < -0.39 is 6.10 Å². The van der Waals surface area contributed by atoms with Crippen molar-refractivity contribution in [1.82, 2.24) is 5.32 Å². The summed E-state index contributed by atoms with van der Waals surface area (Å²) >= 11 is 5.79. The second kappa shape index (κ2) is 6.46. The minimum absolute atomic E-state index is 0.115. The highest BCUT2D eigenvalue weighted by Crippen LogP contribution is 2.47. The molecule has 2 N–H and O–H groups in total. The maximum Gasteiger partial charge on any atom is 0.260 e. The highest BCUT2D eigenvalue weighted by molar-refractivity contribution is 6.30. The topological polar surface area (TPSA) is 58.6 Å². The lowest BCUT2D eigenvalue weighted by Crippen LogP contribution is -2.39. The maximum absolute atomic E-state index is 12.0. The molecular formula is C15H20ClNO3. The zero-order valence-corrected chi connectivity index (χ0v) is 12.3. The van der Waals surface area contributed by atoms with Crippen LogP contribution in [0.3, 0.4) is 0 Å². The number of aliphatic hydroxyl groups is 1. The van der Waals surface area contributed by atoms with Crippen molar-refractivity contribution in [1.29, 1.82) is 0 Å². The standard InChI is InChI=1S/C15H20ClNO3/c1-11(20-13-4-2-12(16)3-5-13)14(19)17-10-15(6-7-15)8-9-18/h2-5,11,18H,6-10H2,1H3,(H,17,19). The molecule has 0 heterocycles. The first-order chi connectivity index (χ1) is 9.54. The van der Waals surface area contributed by atoms with Crippen molar-refractivity contribution in [3.8, 4) is 5.75 Å². The van der Waals surface area contributed by atoms with E-state index in [9.17, 15) is 4.79 Å². The number of hydrogen-bond acceptors (Lipinski definition) is 3. The van der Waals surface area contributed by atoms with Gasteiger partial charge in [0.05, 0.1) is 0 Å². The smallest absolute Gasteiger partial charge is 0.260 e. The Hall–Kier alpha value is -1.26. The van der Waals surface area contributed by atoms with E-state index in [1.165, 1.54) is 0 Å². The quantitative estimate of drug-likeness (QED) is 0.812. The van der Waals surface area contributed by atoms with Crippen LogP contribution >= 0.6 is 11.6 Å². The van der Waals surface area contributed by atoms with Crippen molar-refractivity contribution in [3.05, 3.63) is 29.3 Å². The number of carbonyl (C=O) groups is 1. The van der Waals surface area contributed by atoms with Crippen LogP contribution in [0.2, 0.25) is 5.02 Å². The molecule has 1 amide bonds. The minimum atomic E-state index is -0.555. The van der Waals surface area contributed by atoms with E-state index in [2.05, 4.69) is 5.32 Å². The number of rotatable bonds is 7. The molecule has 0 bridgehead atoms. The second-order valence-electron chi connectivity index (χ2n) is 5.41. The highest BCUT2D eigenvalue weighted by atomic mass is 35.5. The summed E-state index contributed by atoms with van der Waals surface area (Å²) < 4.78 is 5.56. The summed E-state index contributed by atoms with van der Waals surface area (Å²) in [5, 5.41) is 12.5. The second-order valence-corrected chi connectivity index (χ2v) is 5.84. The summed E-state index contributed by atoms with van der Waals surface area (Å²) in [6, 6.07) is 6.92. The van der Waals surface area contributed by atoms with Gasteiger partial charge < -0.3 is 15.2 Å². The summed E-state index contributed by atoms with van der Waals surface area (Å²) in [4.78, 5) is 12.0. The Morgan fingerprint density at radius 2 is 2.10 bits per heavy atom. The number of halogens is 1. The van der Waals surface area contributed by atoms with Crippen LogP contribution in [0.15, 0.2) is 24.3 Å². The zero-order chi connectivity index (χ0) is 14.6. The number of ether oxygens (including phenoxy) is 1. The highest BCUT2D eigenvalue weighted by Gasteiger charge is 2.42. The van der Waals surface area contributed by atoms with Crippen molar-refractivity contribution < 1.29 is 14.6 Å².